The van der Waals surface area contributed by atoms with Crippen LogP contribution in [0.5, 0.6) is 0 Å². The van der Waals surface area contributed by atoms with E-state index in [9.17, 15) is 4.79 Å². The van der Waals surface area contributed by atoms with Crippen molar-refractivity contribution < 1.29 is 4.79 Å². The van der Waals surface area contributed by atoms with E-state index in [2.05, 4.69) is 31.4 Å². The zero-order valence-corrected chi connectivity index (χ0v) is 12.4. The summed E-state index contributed by atoms with van der Waals surface area (Å²) in [6.45, 7) is 5.94. The number of rotatable bonds is 4. The molecule has 0 saturated heterocycles. The summed E-state index contributed by atoms with van der Waals surface area (Å²) in [6.07, 6.45) is 5.34. The first-order valence-corrected chi connectivity index (χ1v) is 7.35. The van der Waals surface area contributed by atoms with E-state index in [0.29, 0.717) is 0 Å². The van der Waals surface area contributed by atoms with Crippen molar-refractivity contribution in [2.75, 3.05) is 0 Å². The van der Waals surface area contributed by atoms with Gasteiger partial charge in [0.15, 0.2) is 5.78 Å². The predicted molar refractivity (Wildman–Crippen MR) is 83.8 cm³/mol. The van der Waals surface area contributed by atoms with Crippen molar-refractivity contribution >= 4 is 29.3 Å². The van der Waals surface area contributed by atoms with Gasteiger partial charge in [-0.2, -0.15) is 0 Å². The molecule has 0 aliphatic carbocycles. The van der Waals surface area contributed by atoms with Gasteiger partial charge in [0.25, 0.3) is 0 Å². The van der Waals surface area contributed by atoms with Gasteiger partial charge in [0.05, 0.1) is 0 Å². The van der Waals surface area contributed by atoms with Crippen molar-refractivity contribution in [3.05, 3.63) is 56.8 Å². The van der Waals surface area contributed by atoms with E-state index < -0.39 is 0 Å². The quantitative estimate of drug-likeness (QED) is 0.715. The average molecular weight is 270 g/mol. The van der Waals surface area contributed by atoms with Gasteiger partial charge < -0.3 is 0 Å². The molecule has 98 valence electrons. The molecular formula is C17H18OS. The number of thiophene rings is 1. The number of hydrogen-bond donors (Lipinski definition) is 0. The van der Waals surface area contributed by atoms with E-state index in [0.717, 1.165) is 17.5 Å². The largest absolute Gasteiger partial charge is 0.295 e. The minimum absolute atomic E-state index is 0.109. The van der Waals surface area contributed by atoms with Gasteiger partial charge in [0.1, 0.15) is 0 Å². The molecule has 0 aliphatic heterocycles. The van der Waals surface area contributed by atoms with E-state index in [1.54, 1.807) is 18.3 Å². The third-order valence-electron chi connectivity index (χ3n) is 3.23. The molecule has 0 unspecified atom stereocenters. The fourth-order valence-corrected chi connectivity index (χ4v) is 3.12. The number of carbonyl (C=O) groups is 1. The molecule has 19 heavy (non-hydrogen) atoms. The molecule has 0 bridgehead atoms. The molecule has 0 N–H and O–H groups in total. The molecule has 0 spiro atoms. The lowest BCUT2D eigenvalue weighted by molar-refractivity contribution is 0.101. The predicted octanol–water partition coefficient (Wildman–Crippen LogP) is 4.99. The molecule has 1 aromatic heterocycles. The Hall–Kier alpha value is -1.67. The number of aryl methyl sites for hydroxylation is 1. The molecule has 2 aromatic rings. The summed E-state index contributed by atoms with van der Waals surface area (Å²) in [5.74, 6) is 0.109. The summed E-state index contributed by atoms with van der Waals surface area (Å²) in [5.41, 5.74) is 4.69. The van der Waals surface area contributed by atoms with Crippen molar-refractivity contribution in [3.8, 4) is 0 Å². The Kier molecular flexibility index (Phi) is 4.33. The van der Waals surface area contributed by atoms with E-state index in [-0.39, 0.29) is 5.78 Å². The van der Waals surface area contributed by atoms with Crippen LogP contribution in [0.2, 0.25) is 0 Å². The van der Waals surface area contributed by atoms with Gasteiger partial charge in [0.2, 0.25) is 0 Å². The Morgan fingerprint density at radius 1 is 1.21 bits per heavy atom. The Morgan fingerprint density at radius 3 is 2.47 bits per heavy atom. The summed E-state index contributed by atoms with van der Waals surface area (Å²) in [4.78, 5) is 12.5. The maximum absolute atomic E-state index is 11.2. The van der Waals surface area contributed by atoms with Crippen molar-refractivity contribution in [2.24, 2.45) is 0 Å². The zero-order valence-electron chi connectivity index (χ0n) is 11.6. The number of benzene rings is 1. The number of Topliss-reactive ketones (excluding diaryl/α,β-unsaturated/α-hetero) is 1. The maximum atomic E-state index is 11.2. The standard InChI is InChI=1S/C17H18OS/c1-4-16-12(2)11-19-17(16)10-7-14-5-8-15(9-6-14)13(3)18/h5-11H,4H2,1-3H3. The highest BCUT2D eigenvalue weighted by Crippen LogP contribution is 2.24. The van der Waals surface area contributed by atoms with E-state index >= 15 is 0 Å². The highest BCUT2D eigenvalue weighted by atomic mass is 32.1. The average Bonchev–Trinajstić information content (AvgIpc) is 2.77. The third-order valence-corrected chi connectivity index (χ3v) is 4.34. The van der Waals surface area contributed by atoms with Crippen molar-refractivity contribution in [1.82, 2.24) is 0 Å². The summed E-state index contributed by atoms with van der Waals surface area (Å²) in [7, 11) is 0. The summed E-state index contributed by atoms with van der Waals surface area (Å²) >= 11 is 1.79. The minimum Gasteiger partial charge on any atom is -0.295 e. The fraction of sp³-hybridized carbons (Fsp3) is 0.235. The Labute approximate surface area is 118 Å². The van der Waals surface area contributed by atoms with Crippen LogP contribution >= 0.6 is 11.3 Å². The molecule has 1 heterocycles. The van der Waals surface area contributed by atoms with Crippen LogP contribution in [0.25, 0.3) is 12.2 Å². The van der Waals surface area contributed by atoms with E-state index in [4.69, 9.17) is 0 Å². The molecule has 1 aromatic carbocycles. The molecule has 0 radical (unpaired) electrons. The molecule has 0 saturated carbocycles. The van der Waals surface area contributed by atoms with Gasteiger partial charge in [-0.3, -0.25) is 4.79 Å². The second kappa shape index (κ2) is 5.98. The fourth-order valence-electron chi connectivity index (χ4n) is 2.08. The van der Waals surface area contributed by atoms with Crippen LogP contribution in [0.4, 0.5) is 0 Å². The number of hydrogen-bond acceptors (Lipinski definition) is 2. The van der Waals surface area contributed by atoms with Crippen LogP contribution in [0.1, 0.15) is 45.8 Å². The lowest BCUT2D eigenvalue weighted by Crippen LogP contribution is -1.90. The van der Waals surface area contributed by atoms with Crippen LogP contribution in [0, 0.1) is 6.92 Å². The van der Waals surface area contributed by atoms with Gasteiger partial charge in [0, 0.05) is 10.4 Å². The first-order valence-electron chi connectivity index (χ1n) is 6.48. The van der Waals surface area contributed by atoms with Crippen LogP contribution in [0.15, 0.2) is 29.6 Å². The smallest absolute Gasteiger partial charge is 0.159 e. The van der Waals surface area contributed by atoms with E-state index in [1.165, 1.54) is 16.0 Å². The van der Waals surface area contributed by atoms with Crippen molar-refractivity contribution in [3.63, 3.8) is 0 Å². The Bertz CT molecular complexity index is 603. The van der Waals surface area contributed by atoms with Crippen molar-refractivity contribution in [1.29, 1.82) is 0 Å². The van der Waals surface area contributed by atoms with Crippen LogP contribution in [0.3, 0.4) is 0 Å². The monoisotopic (exact) mass is 270 g/mol. The van der Waals surface area contributed by atoms with Gasteiger partial charge in [-0.25, -0.2) is 0 Å². The maximum Gasteiger partial charge on any atom is 0.159 e. The second-order valence-corrected chi connectivity index (χ2v) is 5.54. The molecule has 2 rings (SSSR count). The number of carbonyl (C=O) groups excluding carboxylic acids is 1. The topological polar surface area (TPSA) is 17.1 Å². The third kappa shape index (κ3) is 3.21. The highest BCUT2D eigenvalue weighted by molar-refractivity contribution is 7.11. The molecule has 0 fully saturated rings. The van der Waals surface area contributed by atoms with Crippen LogP contribution in [-0.4, -0.2) is 5.78 Å². The number of ketones is 1. The first kappa shape index (κ1) is 13.8. The normalized spacial score (nSPS) is 11.1. The highest BCUT2D eigenvalue weighted by Gasteiger charge is 2.03. The zero-order chi connectivity index (χ0) is 13.8. The Balaban J connectivity index is 2.20. The van der Waals surface area contributed by atoms with Crippen molar-refractivity contribution in [2.45, 2.75) is 27.2 Å². The summed E-state index contributed by atoms with van der Waals surface area (Å²) in [5, 5.41) is 2.21. The molecule has 1 nitrogen and oxygen atoms in total. The second-order valence-electron chi connectivity index (χ2n) is 4.63. The molecule has 0 aliphatic rings. The summed E-state index contributed by atoms with van der Waals surface area (Å²) in [6, 6.07) is 7.73. The first-order chi connectivity index (χ1) is 9.11. The lowest BCUT2D eigenvalue weighted by Gasteiger charge is -1.98. The lowest BCUT2D eigenvalue weighted by atomic mass is 10.1. The summed E-state index contributed by atoms with van der Waals surface area (Å²) < 4.78 is 0. The minimum atomic E-state index is 0.109. The molecular weight excluding hydrogens is 252 g/mol. The van der Waals surface area contributed by atoms with Gasteiger partial charge in [-0.05, 0) is 48.4 Å². The van der Waals surface area contributed by atoms with Gasteiger partial charge in [-0.15, -0.1) is 11.3 Å². The van der Waals surface area contributed by atoms with Crippen LogP contribution < -0.4 is 0 Å². The Morgan fingerprint density at radius 2 is 1.89 bits per heavy atom. The van der Waals surface area contributed by atoms with Gasteiger partial charge in [-0.1, -0.05) is 37.3 Å². The van der Waals surface area contributed by atoms with Crippen LogP contribution in [-0.2, 0) is 6.42 Å². The SMILES string of the molecule is CCc1c(C)csc1C=Cc1ccc(C(C)=O)cc1. The molecule has 2 heteroatoms. The van der Waals surface area contributed by atoms with Gasteiger partial charge >= 0.3 is 0 Å². The van der Waals surface area contributed by atoms with E-state index in [1.807, 2.05) is 24.3 Å². The molecule has 0 atom stereocenters. The molecule has 0 amide bonds.